The maximum atomic E-state index is 6.05. The summed E-state index contributed by atoms with van der Waals surface area (Å²) in [4.78, 5) is 8.71. The van der Waals surface area contributed by atoms with Crippen molar-refractivity contribution in [2.45, 2.75) is 52.4 Å². The molecular formula is C13H23ClN4. The molecule has 0 aliphatic heterocycles. The molecule has 1 rings (SSSR count). The molecule has 0 spiro atoms. The fourth-order valence-corrected chi connectivity index (χ4v) is 1.66. The molecule has 0 saturated heterocycles. The highest BCUT2D eigenvalue weighted by atomic mass is 35.5. The fourth-order valence-electron chi connectivity index (χ4n) is 1.49. The number of hydrogen-bond acceptors (Lipinski definition) is 4. The lowest BCUT2D eigenvalue weighted by Crippen LogP contribution is -2.19. The second-order valence-electron chi connectivity index (χ2n) is 5.48. The van der Waals surface area contributed by atoms with Gasteiger partial charge >= 0.3 is 0 Å². The van der Waals surface area contributed by atoms with Crippen LogP contribution < -0.4 is 11.1 Å². The van der Waals surface area contributed by atoms with E-state index in [9.17, 15) is 0 Å². The fraction of sp³-hybridized carbons (Fsp3) is 0.692. The van der Waals surface area contributed by atoms with E-state index in [0.717, 1.165) is 13.0 Å². The lowest BCUT2D eigenvalue weighted by atomic mass is 9.96. The lowest BCUT2D eigenvalue weighted by Gasteiger charge is -2.19. The molecule has 0 aliphatic rings. The summed E-state index contributed by atoms with van der Waals surface area (Å²) < 4.78 is 0. The number of halogens is 1. The predicted molar refractivity (Wildman–Crippen MR) is 78.2 cm³/mol. The van der Waals surface area contributed by atoms with Crippen LogP contribution in [-0.2, 0) is 5.41 Å². The van der Waals surface area contributed by atoms with Crippen molar-refractivity contribution >= 4 is 23.1 Å². The van der Waals surface area contributed by atoms with Crippen molar-refractivity contribution in [3.63, 3.8) is 0 Å². The van der Waals surface area contributed by atoms with Crippen molar-refractivity contribution in [3.8, 4) is 0 Å². The number of nitrogens with zero attached hydrogens (tertiary/aromatic N) is 2. The number of nitrogens with two attached hydrogens (primary N) is 1. The molecule has 0 fully saturated rings. The number of aromatic nitrogens is 2. The Hall–Kier alpha value is -1.03. The van der Waals surface area contributed by atoms with Gasteiger partial charge in [0.2, 0.25) is 0 Å². The Morgan fingerprint density at radius 2 is 1.89 bits per heavy atom. The summed E-state index contributed by atoms with van der Waals surface area (Å²) >= 11 is 6.05. The summed E-state index contributed by atoms with van der Waals surface area (Å²) in [7, 11) is 0. The molecule has 0 bridgehead atoms. The van der Waals surface area contributed by atoms with Crippen LogP contribution in [0, 0.1) is 0 Å². The standard InChI is InChI=1S/C13H23ClN4/c1-5-6-7-8-16-11-9(15)10(14)17-12(18-11)13(2,3)4/h5-8,15H2,1-4H3,(H,16,17,18). The van der Waals surface area contributed by atoms with Gasteiger partial charge < -0.3 is 11.1 Å². The van der Waals surface area contributed by atoms with Gasteiger partial charge in [-0.05, 0) is 6.42 Å². The highest BCUT2D eigenvalue weighted by Crippen LogP contribution is 2.28. The van der Waals surface area contributed by atoms with Crippen LogP contribution >= 0.6 is 11.6 Å². The molecule has 0 amide bonds. The molecule has 102 valence electrons. The Labute approximate surface area is 114 Å². The van der Waals surface area contributed by atoms with Crippen LogP contribution in [0.25, 0.3) is 0 Å². The Kier molecular flexibility index (Phi) is 5.20. The van der Waals surface area contributed by atoms with E-state index in [-0.39, 0.29) is 5.41 Å². The van der Waals surface area contributed by atoms with Gasteiger partial charge in [-0.2, -0.15) is 0 Å². The van der Waals surface area contributed by atoms with E-state index in [4.69, 9.17) is 17.3 Å². The molecule has 18 heavy (non-hydrogen) atoms. The third-order valence-electron chi connectivity index (χ3n) is 2.64. The van der Waals surface area contributed by atoms with Crippen molar-refractivity contribution in [3.05, 3.63) is 11.0 Å². The van der Waals surface area contributed by atoms with E-state index in [1.165, 1.54) is 12.8 Å². The first-order valence-electron chi connectivity index (χ1n) is 6.43. The number of nitrogens with one attached hydrogen (secondary N) is 1. The molecule has 4 nitrogen and oxygen atoms in total. The quantitative estimate of drug-likeness (QED) is 0.634. The second kappa shape index (κ2) is 6.23. The zero-order chi connectivity index (χ0) is 13.8. The summed E-state index contributed by atoms with van der Waals surface area (Å²) in [5.41, 5.74) is 6.18. The normalized spacial score (nSPS) is 11.6. The predicted octanol–water partition coefficient (Wildman–Crippen LogP) is 3.61. The average molecular weight is 271 g/mol. The number of anilines is 2. The Morgan fingerprint density at radius 1 is 1.22 bits per heavy atom. The van der Waals surface area contributed by atoms with Crippen LogP contribution in [0.1, 0.15) is 52.8 Å². The van der Waals surface area contributed by atoms with Crippen LogP contribution in [0.4, 0.5) is 11.5 Å². The lowest BCUT2D eigenvalue weighted by molar-refractivity contribution is 0.546. The maximum absolute atomic E-state index is 6.05. The first-order valence-corrected chi connectivity index (χ1v) is 6.81. The van der Waals surface area contributed by atoms with Crippen molar-refractivity contribution < 1.29 is 0 Å². The van der Waals surface area contributed by atoms with Crippen LogP contribution in [0.2, 0.25) is 5.15 Å². The first-order chi connectivity index (χ1) is 8.36. The van der Waals surface area contributed by atoms with Gasteiger partial charge in [-0.3, -0.25) is 0 Å². The molecule has 1 aromatic rings. The van der Waals surface area contributed by atoms with Crippen LogP contribution in [-0.4, -0.2) is 16.5 Å². The molecular weight excluding hydrogens is 248 g/mol. The van der Waals surface area contributed by atoms with Gasteiger partial charge in [-0.15, -0.1) is 0 Å². The number of rotatable bonds is 5. The smallest absolute Gasteiger partial charge is 0.157 e. The van der Waals surface area contributed by atoms with Gasteiger partial charge in [0.1, 0.15) is 11.5 Å². The molecule has 1 heterocycles. The van der Waals surface area contributed by atoms with Crippen LogP contribution in [0.5, 0.6) is 0 Å². The molecule has 5 heteroatoms. The topological polar surface area (TPSA) is 63.8 Å². The van der Waals surface area contributed by atoms with Gasteiger partial charge in [0.05, 0.1) is 0 Å². The summed E-state index contributed by atoms with van der Waals surface area (Å²) in [6, 6.07) is 0. The van der Waals surface area contributed by atoms with Crippen LogP contribution in [0.15, 0.2) is 0 Å². The van der Waals surface area contributed by atoms with Gasteiger partial charge in [0.25, 0.3) is 0 Å². The molecule has 3 N–H and O–H groups in total. The van der Waals surface area contributed by atoms with Crippen molar-refractivity contribution in [1.29, 1.82) is 0 Å². The monoisotopic (exact) mass is 270 g/mol. The number of nitrogen functional groups attached to an aromatic ring is 1. The van der Waals surface area contributed by atoms with E-state index in [2.05, 4.69) is 43.0 Å². The average Bonchev–Trinajstić information content (AvgIpc) is 2.28. The minimum atomic E-state index is -0.142. The molecule has 0 unspecified atom stereocenters. The third-order valence-corrected chi connectivity index (χ3v) is 2.93. The zero-order valence-corrected chi connectivity index (χ0v) is 12.4. The molecule has 0 aliphatic carbocycles. The summed E-state index contributed by atoms with van der Waals surface area (Å²) in [5, 5.41) is 3.57. The summed E-state index contributed by atoms with van der Waals surface area (Å²) in [6.45, 7) is 9.18. The van der Waals surface area contributed by atoms with E-state index in [1.807, 2.05) is 0 Å². The summed E-state index contributed by atoms with van der Waals surface area (Å²) in [6.07, 6.45) is 3.48. The highest BCUT2D eigenvalue weighted by molar-refractivity contribution is 6.32. The summed E-state index contributed by atoms with van der Waals surface area (Å²) in [5.74, 6) is 1.36. The number of hydrogen-bond donors (Lipinski definition) is 2. The zero-order valence-electron chi connectivity index (χ0n) is 11.7. The van der Waals surface area contributed by atoms with Crippen LogP contribution in [0.3, 0.4) is 0 Å². The Morgan fingerprint density at radius 3 is 2.44 bits per heavy atom. The molecule has 0 atom stereocenters. The van der Waals surface area contributed by atoms with Crippen molar-refractivity contribution in [2.24, 2.45) is 0 Å². The Balaban J connectivity index is 2.86. The maximum Gasteiger partial charge on any atom is 0.157 e. The molecule has 0 saturated carbocycles. The van der Waals surface area contributed by atoms with E-state index in [0.29, 0.717) is 22.5 Å². The Bertz CT molecular complexity index is 399. The van der Waals surface area contributed by atoms with Gasteiger partial charge in [-0.1, -0.05) is 52.1 Å². The third kappa shape index (κ3) is 4.02. The molecule has 0 radical (unpaired) electrons. The van der Waals surface area contributed by atoms with Gasteiger partial charge in [-0.25, -0.2) is 9.97 Å². The van der Waals surface area contributed by atoms with E-state index < -0.39 is 0 Å². The van der Waals surface area contributed by atoms with Crippen molar-refractivity contribution in [1.82, 2.24) is 9.97 Å². The van der Waals surface area contributed by atoms with E-state index in [1.54, 1.807) is 0 Å². The highest BCUT2D eigenvalue weighted by Gasteiger charge is 2.20. The number of unbranched alkanes of at least 4 members (excludes halogenated alkanes) is 2. The molecule has 0 aromatic carbocycles. The van der Waals surface area contributed by atoms with E-state index >= 15 is 0 Å². The van der Waals surface area contributed by atoms with Crippen molar-refractivity contribution in [2.75, 3.05) is 17.6 Å². The largest absolute Gasteiger partial charge is 0.393 e. The van der Waals surface area contributed by atoms with Gasteiger partial charge in [0, 0.05) is 12.0 Å². The minimum absolute atomic E-state index is 0.142. The molecule has 1 aromatic heterocycles. The first kappa shape index (κ1) is 15.0. The SMILES string of the molecule is CCCCCNc1nc(C(C)(C)C)nc(Cl)c1N. The minimum Gasteiger partial charge on any atom is -0.393 e. The second-order valence-corrected chi connectivity index (χ2v) is 5.84. The van der Waals surface area contributed by atoms with Gasteiger partial charge in [0.15, 0.2) is 11.0 Å².